The van der Waals surface area contributed by atoms with Crippen LogP contribution in [0.4, 0.5) is 0 Å². The Morgan fingerprint density at radius 1 is 0.774 bits per heavy atom. The highest BCUT2D eigenvalue weighted by Crippen LogP contribution is 2.87. The number of fused-ring (bicyclic) bond motifs is 1. The van der Waals surface area contributed by atoms with Crippen LogP contribution >= 0.6 is 0 Å². The Labute approximate surface area is 304 Å². The van der Waals surface area contributed by atoms with Gasteiger partial charge in [-0.15, -0.1) is 0 Å². The minimum absolute atomic E-state index is 0.0386. The van der Waals surface area contributed by atoms with Gasteiger partial charge in [-0.3, -0.25) is 4.79 Å². The predicted molar refractivity (Wildman–Crippen MR) is 211 cm³/mol. The van der Waals surface area contributed by atoms with Gasteiger partial charge in [-0.2, -0.15) is 0 Å². The van der Waals surface area contributed by atoms with Crippen LogP contribution in [0.1, 0.15) is 124 Å². The van der Waals surface area contributed by atoms with Crippen LogP contribution in [0.5, 0.6) is 0 Å². The molecule has 0 saturated heterocycles. The van der Waals surface area contributed by atoms with Crippen molar-refractivity contribution in [3.05, 3.63) is 109 Å². The summed E-state index contributed by atoms with van der Waals surface area (Å²) in [5.74, 6) is 2.62. The Hall–Kier alpha value is -4.95. The van der Waals surface area contributed by atoms with Gasteiger partial charge in [0.05, 0.1) is 7.11 Å². The lowest BCUT2D eigenvalue weighted by Crippen LogP contribution is -2.29. The van der Waals surface area contributed by atoms with Crippen molar-refractivity contribution >= 4 is 87.3 Å². The fraction of sp³-hybridized carbons (Fsp3) is 0.314. The van der Waals surface area contributed by atoms with Crippen LogP contribution in [-0.4, -0.2) is 13.1 Å². The average Bonchev–Trinajstić information content (AvgIpc) is 3.86. The predicted octanol–water partition coefficient (Wildman–Crippen LogP) is 10.6. The van der Waals surface area contributed by atoms with Crippen molar-refractivity contribution in [2.75, 3.05) is 7.11 Å². The van der Waals surface area contributed by atoms with Gasteiger partial charge in [0.15, 0.2) is 0 Å². The van der Waals surface area contributed by atoms with Crippen LogP contribution in [0, 0.1) is 5.92 Å². The van der Waals surface area contributed by atoms with Crippen molar-refractivity contribution in [3.8, 4) is 0 Å². The number of benzene rings is 6. The summed E-state index contributed by atoms with van der Waals surface area (Å²) in [6.45, 7) is 0. The Morgan fingerprint density at radius 2 is 1.58 bits per heavy atom. The molecule has 8 aromatic rings. The topological polar surface area (TPSA) is 26.3 Å². The molecule has 0 amide bonds. The van der Waals surface area contributed by atoms with Gasteiger partial charge >= 0.3 is 5.97 Å². The molecule has 8 aromatic carbocycles. The number of ether oxygens (including phenoxy) is 1. The van der Waals surface area contributed by atoms with E-state index in [-0.39, 0.29) is 16.8 Å². The van der Waals surface area contributed by atoms with Gasteiger partial charge in [0.25, 0.3) is 0 Å². The Bertz CT molecular complexity index is 3480. The smallest absolute Gasteiger partial charge is 0.305 e. The highest BCUT2D eigenvalue weighted by atomic mass is 16.5. The SMILES string of the molecule is COC(=O)CCCC1(c2ccccc2)C2c3cc4c5c6c7c8c9c%10c%11c%12c%13c%14c%15c%16c(c%17c3c5c8c%17c%15c%139)C21CC%16C=C%14CC%12CC=%11CC(C=C6C4)C%107. The number of esters is 1. The number of hydrogen-bond acceptors (Lipinski definition) is 2. The van der Waals surface area contributed by atoms with Gasteiger partial charge in [-0.1, -0.05) is 54.1 Å². The minimum atomic E-state index is -0.0740. The second-order valence-corrected chi connectivity index (χ2v) is 19.4. The molecule has 0 heterocycles. The number of methoxy groups -OCH3 is 1. The summed E-state index contributed by atoms with van der Waals surface area (Å²) >= 11 is 0. The monoisotopic (exact) mass is 676 g/mol. The Kier molecular flexibility index (Phi) is 3.28. The molecule has 10 aliphatic carbocycles. The first-order chi connectivity index (χ1) is 26.2. The molecule has 0 radical (unpaired) electrons. The molecule has 0 aliphatic heterocycles. The molecule has 1 saturated carbocycles. The lowest BCUT2D eigenvalue weighted by atomic mass is 9.69. The van der Waals surface area contributed by atoms with Crippen molar-refractivity contribution in [3.63, 3.8) is 0 Å². The van der Waals surface area contributed by atoms with Crippen LogP contribution in [0.25, 0.3) is 81.4 Å². The first kappa shape index (κ1) is 25.1. The van der Waals surface area contributed by atoms with E-state index in [2.05, 4.69) is 48.6 Å². The zero-order valence-electron chi connectivity index (χ0n) is 29.5. The van der Waals surface area contributed by atoms with E-state index in [4.69, 9.17) is 4.74 Å². The van der Waals surface area contributed by atoms with Crippen molar-refractivity contribution < 1.29 is 9.53 Å². The normalized spacial score (nSPS) is 32.3. The fourth-order valence-corrected chi connectivity index (χ4v) is 17.5. The highest BCUT2D eigenvalue weighted by molar-refractivity contribution is 6.53. The average molecular weight is 677 g/mol. The number of hydrogen-bond donors (Lipinski definition) is 0. The molecular weight excluding hydrogens is 645 g/mol. The van der Waals surface area contributed by atoms with Crippen LogP contribution in [0.2, 0.25) is 0 Å². The largest absolute Gasteiger partial charge is 0.469 e. The van der Waals surface area contributed by atoms with Gasteiger partial charge in [0.1, 0.15) is 0 Å². The second-order valence-electron chi connectivity index (χ2n) is 19.4. The van der Waals surface area contributed by atoms with Crippen LogP contribution in [-0.2, 0) is 26.8 Å². The van der Waals surface area contributed by atoms with E-state index < -0.39 is 0 Å². The third kappa shape index (κ3) is 1.97. The molecule has 7 atom stereocenters. The lowest BCUT2D eigenvalue weighted by Gasteiger charge is -2.33. The van der Waals surface area contributed by atoms with Crippen molar-refractivity contribution in [2.24, 2.45) is 5.92 Å². The molecule has 7 unspecified atom stereocenters. The summed E-state index contributed by atoms with van der Waals surface area (Å²) in [6, 6.07) is 14.4. The molecular formula is C51H32O2. The quantitative estimate of drug-likeness (QED) is 0.134. The van der Waals surface area contributed by atoms with Crippen molar-refractivity contribution in [2.45, 2.75) is 85.9 Å². The molecule has 2 nitrogen and oxygen atoms in total. The molecule has 10 aliphatic rings. The first-order valence-electron chi connectivity index (χ1n) is 20.6. The molecule has 1 spiro atoms. The molecule has 248 valence electrons. The van der Waals surface area contributed by atoms with Gasteiger partial charge in [-0.25, -0.2) is 0 Å². The van der Waals surface area contributed by atoms with Gasteiger partial charge < -0.3 is 4.74 Å². The number of allylic oxidation sites excluding steroid dienone is 4. The Balaban J connectivity index is 1.13. The fourth-order valence-electron chi connectivity index (χ4n) is 17.5. The molecule has 2 heteroatoms. The summed E-state index contributed by atoms with van der Waals surface area (Å²) < 4.78 is 5.24. The maximum atomic E-state index is 12.7. The summed E-state index contributed by atoms with van der Waals surface area (Å²) in [6.07, 6.45) is 14.1. The third-order valence-electron chi connectivity index (χ3n) is 18.3. The van der Waals surface area contributed by atoms with Crippen LogP contribution in [0.15, 0.2) is 48.6 Å². The van der Waals surface area contributed by atoms with Gasteiger partial charge in [0.2, 0.25) is 0 Å². The molecule has 0 bridgehead atoms. The summed E-state index contributed by atoms with van der Waals surface area (Å²) in [5.41, 5.74) is 22.1. The maximum Gasteiger partial charge on any atom is 0.305 e. The molecule has 18 rings (SSSR count). The third-order valence-corrected chi connectivity index (χ3v) is 18.3. The van der Waals surface area contributed by atoms with E-state index in [1.165, 1.54) is 31.2 Å². The molecule has 1 fully saturated rings. The summed E-state index contributed by atoms with van der Waals surface area (Å²) in [4.78, 5) is 12.7. The minimum Gasteiger partial charge on any atom is -0.469 e. The maximum absolute atomic E-state index is 12.7. The Morgan fingerprint density at radius 3 is 2.49 bits per heavy atom. The van der Waals surface area contributed by atoms with Crippen LogP contribution < -0.4 is 5.22 Å². The highest BCUT2D eigenvalue weighted by Gasteiger charge is 2.81. The molecule has 0 aromatic heterocycles. The number of carbonyl (C=O) groups excluding carboxylic acids is 1. The lowest BCUT2D eigenvalue weighted by molar-refractivity contribution is -0.140. The van der Waals surface area contributed by atoms with E-state index >= 15 is 0 Å². The van der Waals surface area contributed by atoms with E-state index in [0.717, 1.165) is 19.3 Å². The standard InChI is InChI=1S/C51H32O2/c1-53-27(52)8-5-9-50(25-6-3-2-4-7-25)49-26-16-23-14-20-12-21-11-18-10-19-13-22-15-24-17-51(49,50)48-34(24)39-33(22)38-29(19)28(18)36-32(21)37-30(20)31(23)40-35(26)47(48)46-44(39)42(38)41(36)43(37)45(40)46/h2-4,6-7,12,15-16,19,21,24,32,49H,5,8-11,13-14,17H2,1H3. The zero-order chi connectivity index (χ0) is 33.5. The summed E-state index contributed by atoms with van der Waals surface area (Å²) in [7, 11) is 1.55. The van der Waals surface area contributed by atoms with E-state index in [1.807, 2.05) is 0 Å². The van der Waals surface area contributed by atoms with E-state index in [9.17, 15) is 4.79 Å². The van der Waals surface area contributed by atoms with E-state index in [0.29, 0.717) is 36.0 Å². The zero-order valence-corrected chi connectivity index (χ0v) is 29.5. The molecule has 0 N–H and O–H groups in total. The number of carbonyl (C=O) groups is 1. The van der Waals surface area contributed by atoms with Gasteiger partial charge in [-0.05, 0) is 193 Å². The molecule has 53 heavy (non-hydrogen) atoms. The van der Waals surface area contributed by atoms with Gasteiger partial charge in [0, 0.05) is 35.0 Å². The second kappa shape index (κ2) is 6.92. The van der Waals surface area contributed by atoms with Crippen LogP contribution in [0.3, 0.4) is 0 Å². The number of rotatable bonds is 5. The van der Waals surface area contributed by atoms with Crippen molar-refractivity contribution in [1.82, 2.24) is 0 Å². The van der Waals surface area contributed by atoms with E-state index in [1.54, 1.807) is 144 Å². The van der Waals surface area contributed by atoms with Crippen molar-refractivity contribution in [1.29, 1.82) is 0 Å². The first-order valence-corrected chi connectivity index (χ1v) is 20.6. The summed E-state index contributed by atoms with van der Waals surface area (Å²) in [5, 5.41) is 21.9.